The molecular weight excluding hydrogens is 382 g/mol. The van der Waals surface area contributed by atoms with Crippen molar-refractivity contribution in [1.82, 2.24) is 20.1 Å². The van der Waals surface area contributed by atoms with E-state index in [2.05, 4.69) is 25.4 Å². The van der Waals surface area contributed by atoms with Gasteiger partial charge in [0.2, 0.25) is 0 Å². The van der Waals surface area contributed by atoms with Gasteiger partial charge in [0, 0.05) is 18.7 Å². The van der Waals surface area contributed by atoms with Crippen LogP contribution in [0.4, 0.5) is 10.5 Å². The Morgan fingerprint density at radius 3 is 2.87 bits per heavy atom. The Balaban J connectivity index is 1.18. The maximum atomic E-state index is 12.2. The van der Waals surface area contributed by atoms with Crippen LogP contribution in [0.2, 0.25) is 0 Å². The van der Waals surface area contributed by atoms with Crippen LogP contribution >= 0.6 is 0 Å². The van der Waals surface area contributed by atoms with E-state index in [0.717, 1.165) is 42.3 Å². The summed E-state index contributed by atoms with van der Waals surface area (Å²) in [6.45, 7) is 2.68. The Kier molecular flexibility index (Phi) is 6.56. The van der Waals surface area contributed by atoms with Crippen LogP contribution in [0.25, 0.3) is 0 Å². The summed E-state index contributed by atoms with van der Waals surface area (Å²) in [5.74, 6) is 2.61. The molecule has 0 aliphatic carbocycles. The van der Waals surface area contributed by atoms with Gasteiger partial charge in [-0.1, -0.05) is 30.3 Å². The molecule has 8 heteroatoms. The van der Waals surface area contributed by atoms with Crippen molar-refractivity contribution in [3.8, 4) is 5.75 Å². The number of hydrogen-bond acceptors (Lipinski definition) is 5. The summed E-state index contributed by atoms with van der Waals surface area (Å²) >= 11 is 0. The highest BCUT2D eigenvalue weighted by Gasteiger charge is 2.17. The first kappa shape index (κ1) is 19.9. The Hall–Kier alpha value is -3.39. The van der Waals surface area contributed by atoms with Crippen LogP contribution in [0, 0.1) is 0 Å². The molecule has 0 saturated carbocycles. The van der Waals surface area contributed by atoms with Gasteiger partial charge in [-0.3, -0.25) is 0 Å². The Bertz CT molecular complexity index is 974. The lowest BCUT2D eigenvalue weighted by molar-refractivity contribution is 0.0889. The minimum Gasteiger partial charge on any atom is -0.491 e. The predicted octanol–water partition coefficient (Wildman–Crippen LogP) is 3.14. The molecule has 0 atom stereocenters. The number of carbonyl (C=O) groups excluding carboxylic acids is 1. The standard InChI is InChI=1S/C22H25N5O3/c28-22(23-15-21-26-25-20-10-5-11-27(20)21)24-18-7-4-6-17(14-18)16-29-12-13-30-19-8-2-1-3-9-19/h1-4,6-9,14H,5,10-13,15-16H2,(H2,23,24,28). The molecule has 156 valence electrons. The average Bonchev–Trinajstić information content (AvgIpc) is 3.37. The molecule has 30 heavy (non-hydrogen) atoms. The Morgan fingerprint density at radius 2 is 1.97 bits per heavy atom. The van der Waals surface area contributed by atoms with Crippen LogP contribution in [-0.4, -0.2) is 34.0 Å². The lowest BCUT2D eigenvalue weighted by atomic mass is 10.2. The molecule has 2 aromatic carbocycles. The van der Waals surface area contributed by atoms with Gasteiger partial charge >= 0.3 is 6.03 Å². The number of urea groups is 1. The lowest BCUT2D eigenvalue weighted by Gasteiger charge is -2.10. The first-order valence-corrected chi connectivity index (χ1v) is 10.1. The van der Waals surface area contributed by atoms with Crippen LogP contribution in [0.3, 0.4) is 0 Å². The fraction of sp³-hybridized carbons (Fsp3) is 0.318. The summed E-state index contributed by atoms with van der Waals surface area (Å²) < 4.78 is 13.3. The van der Waals surface area contributed by atoms with E-state index < -0.39 is 0 Å². The summed E-state index contributed by atoms with van der Waals surface area (Å²) in [6, 6.07) is 17.0. The van der Waals surface area contributed by atoms with Crippen LogP contribution in [0.1, 0.15) is 23.6 Å². The molecule has 0 radical (unpaired) electrons. The molecule has 2 amide bonds. The molecule has 0 spiro atoms. The van der Waals surface area contributed by atoms with Gasteiger partial charge in [0.05, 0.1) is 19.8 Å². The molecule has 2 N–H and O–H groups in total. The molecule has 2 heterocycles. The molecule has 1 aromatic heterocycles. The highest BCUT2D eigenvalue weighted by Crippen LogP contribution is 2.14. The molecular formula is C22H25N5O3. The average molecular weight is 407 g/mol. The second kappa shape index (κ2) is 9.89. The normalized spacial score (nSPS) is 12.4. The second-order valence-electron chi connectivity index (χ2n) is 7.01. The van der Waals surface area contributed by atoms with E-state index in [1.54, 1.807) is 0 Å². The van der Waals surface area contributed by atoms with Crippen molar-refractivity contribution in [3.63, 3.8) is 0 Å². The summed E-state index contributed by atoms with van der Waals surface area (Å²) in [5, 5.41) is 14.0. The summed E-state index contributed by atoms with van der Waals surface area (Å²) in [6.07, 6.45) is 2.03. The number of carbonyl (C=O) groups is 1. The molecule has 3 aromatic rings. The molecule has 0 fully saturated rings. The lowest BCUT2D eigenvalue weighted by Crippen LogP contribution is -2.29. The largest absolute Gasteiger partial charge is 0.491 e. The van der Waals surface area contributed by atoms with Gasteiger partial charge in [-0.15, -0.1) is 10.2 Å². The number of aromatic nitrogens is 3. The molecule has 0 unspecified atom stereocenters. The third-order valence-electron chi connectivity index (χ3n) is 4.79. The number of amides is 2. The molecule has 0 bridgehead atoms. The number of benzene rings is 2. The van der Waals surface area contributed by atoms with Crippen LogP contribution in [-0.2, 0) is 30.9 Å². The van der Waals surface area contributed by atoms with Crippen molar-refractivity contribution in [2.75, 3.05) is 18.5 Å². The van der Waals surface area contributed by atoms with Gasteiger partial charge in [0.25, 0.3) is 0 Å². The third kappa shape index (κ3) is 5.36. The van der Waals surface area contributed by atoms with E-state index in [0.29, 0.717) is 32.1 Å². The van der Waals surface area contributed by atoms with Gasteiger partial charge < -0.3 is 24.7 Å². The van der Waals surface area contributed by atoms with E-state index in [1.165, 1.54) is 0 Å². The quantitative estimate of drug-likeness (QED) is 0.532. The van der Waals surface area contributed by atoms with Crippen molar-refractivity contribution < 1.29 is 14.3 Å². The van der Waals surface area contributed by atoms with Crippen molar-refractivity contribution in [2.24, 2.45) is 0 Å². The molecule has 1 aliphatic rings. The van der Waals surface area contributed by atoms with Crippen LogP contribution in [0.15, 0.2) is 54.6 Å². The smallest absolute Gasteiger partial charge is 0.319 e. The monoisotopic (exact) mass is 407 g/mol. The number of ether oxygens (including phenoxy) is 2. The molecule has 0 saturated heterocycles. The predicted molar refractivity (Wildman–Crippen MR) is 112 cm³/mol. The minimum absolute atomic E-state index is 0.278. The number of nitrogens with zero attached hydrogens (tertiary/aromatic N) is 3. The van der Waals surface area contributed by atoms with Gasteiger partial charge in [-0.05, 0) is 36.2 Å². The summed E-state index contributed by atoms with van der Waals surface area (Å²) in [7, 11) is 0. The molecule has 1 aliphatic heterocycles. The van der Waals surface area contributed by atoms with Crippen molar-refractivity contribution in [1.29, 1.82) is 0 Å². The number of fused-ring (bicyclic) bond motifs is 1. The van der Waals surface area contributed by atoms with E-state index in [1.807, 2.05) is 54.6 Å². The SMILES string of the molecule is O=C(NCc1nnc2n1CCC2)Nc1cccc(COCCOc2ccccc2)c1. The van der Waals surface area contributed by atoms with E-state index in [4.69, 9.17) is 9.47 Å². The highest BCUT2D eigenvalue weighted by atomic mass is 16.5. The Labute approximate surface area is 175 Å². The van der Waals surface area contributed by atoms with Gasteiger partial charge in [-0.25, -0.2) is 4.79 Å². The van der Waals surface area contributed by atoms with Crippen molar-refractivity contribution >= 4 is 11.7 Å². The summed E-state index contributed by atoms with van der Waals surface area (Å²) in [4.78, 5) is 12.2. The van der Waals surface area contributed by atoms with Crippen LogP contribution in [0.5, 0.6) is 5.75 Å². The number of hydrogen-bond donors (Lipinski definition) is 2. The first-order valence-electron chi connectivity index (χ1n) is 10.1. The molecule has 8 nitrogen and oxygen atoms in total. The highest BCUT2D eigenvalue weighted by molar-refractivity contribution is 5.89. The first-order chi connectivity index (χ1) is 14.8. The zero-order valence-electron chi connectivity index (χ0n) is 16.7. The third-order valence-corrected chi connectivity index (χ3v) is 4.79. The minimum atomic E-state index is -0.278. The zero-order chi connectivity index (χ0) is 20.6. The number of nitrogens with one attached hydrogen (secondary N) is 2. The van der Waals surface area contributed by atoms with E-state index in [9.17, 15) is 4.79 Å². The van der Waals surface area contributed by atoms with Gasteiger partial charge in [0.1, 0.15) is 18.2 Å². The van der Waals surface area contributed by atoms with E-state index >= 15 is 0 Å². The Morgan fingerprint density at radius 1 is 1.07 bits per heavy atom. The summed E-state index contributed by atoms with van der Waals surface area (Å²) in [5.41, 5.74) is 1.68. The van der Waals surface area contributed by atoms with Gasteiger partial charge in [-0.2, -0.15) is 0 Å². The van der Waals surface area contributed by atoms with Gasteiger partial charge in [0.15, 0.2) is 5.82 Å². The molecule has 4 rings (SSSR count). The number of rotatable bonds is 9. The fourth-order valence-corrected chi connectivity index (χ4v) is 3.34. The number of anilines is 1. The van der Waals surface area contributed by atoms with Crippen molar-refractivity contribution in [3.05, 3.63) is 71.8 Å². The van der Waals surface area contributed by atoms with Crippen LogP contribution < -0.4 is 15.4 Å². The number of para-hydroxylation sites is 1. The maximum Gasteiger partial charge on any atom is 0.319 e. The topological polar surface area (TPSA) is 90.3 Å². The second-order valence-corrected chi connectivity index (χ2v) is 7.01. The maximum absolute atomic E-state index is 12.2. The van der Waals surface area contributed by atoms with Crippen molar-refractivity contribution in [2.45, 2.75) is 32.5 Å². The zero-order valence-corrected chi connectivity index (χ0v) is 16.7. The van der Waals surface area contributed by atoms with E-state index in [-0.39, 0.29) is 6.03 Å². The fourth-order valence-electron chi connectivity index (χ4n) is 3.34. The number of aryl methyl sites for hydroxylation is 1.